The van der Waals surface area contributed by atoms with Crippen LogP contribution in [0, 0.1) is 6.92 Å². The van der Waals surface area contributed by atoms with E-state index in [-0.39, 0.29) is 5.91 Å². The summed E-state index contributed by atoms with van der Waals surface area (Å²) in [6, 6.07) is 5.50. The molecule has 0 fully saturated rings. The summed E-state index contributed by atoms with van der Waals surface area (Å²) >= 11 is 3.41. The molecule has 0 aliphatic rings. The molecule has 0 saturated heterocycles. The van der Waals surface area contributed by atoms with E-state index in [1.165, 1.54) is 0 Å². The Labute approximate surface area is 110 Å². The van der Waals surface area contributed by atoms with Crippen LogP contribution in [0.15, 0.2) is 27.8 Å². The molecule has 0 aliphatic heterocycles. The van der Waals surface area contributed by atoms with Crippen LogP contribution in [0.3, 0.4) is 0 Å². The molecule has 0 aliphatic carbocycles. The van der Waals surface area contributed by atoms with Crippen molar-refractivity contribution in [1.82, 2.24) is 5.43 Å². The van der Waals surface area contributed by atoms with Crippen LogP contribution >= 0.6 is 15.9 Å². The minimum atomic E-state index is -0.176. The first-order chi connectivity index (χ1) is 8.08. The first-order valence-electron chi connectivity index (χ1n) is 5.70. The number of hydrazone groups is 1. The number of carbonyl (C=O) groups excluding carboxylic acids is 1. The third-order valence-corrected chi connectivity index (χ3v) is 3.42. The van der Waals surface area contributed by atoms with Crippen molar-refractivity contribution in [3.8, 4) is 0 Å². The maximum atomic E-state index is 11.8. The number of halogens is 1. The van der Waals surface area contributed by atoms with Gasteiger partial charge >= 0.3 is 0 Å². The Kier molecular flexibility index (Phi) is 5.35. The van der Waals surface area contributed by atoms with Crippen LogP contribution in [0.2, 0.25) is 0 Å². The first-order valence-corrected chi connectivity index (χ1v) is 6.49. The molecule has 92 valence electrons. The number of carbonyl (C=O) groups is 1. The molecule has 3 nitrogen and oxygen atoms in total. The number of rotatable bonds is 4. The molecular formula is C13H17BrN2O. The second kappa shape index (κ2) is 6.55. The van der Waals surface area contributed by atoms with Gasteiger partial charge in [0, 0.05) is 15.7 Å². The fraction of sp³-hybridized carbons (Fsp3) is 0.385. The lowest BCUT2D eigenvalue weighted by Crippen LogP contribution is -2.19. The van der Waals surface area contributed by atoms with E-state index in [0.717, 1.165) is 28.6 Å². The van der Waals surface area contributed by atoms with Gasteiger partial charge in [-0.25, -0.2) is 5.43 Å². The van der Waals surface area contributed by atoms with Crippen molar-refractivity contribution in [2.75, 3.05) is 0 Å². The lowest BCUT2D eigenvalue weighted by Gasteiger charge is -2.04. The number of hydrogen-bond acceptors (Lipinski definition) is 2. The topological polar surface area (TPSA) is 41.5 Å². The van der Waals surface area contributed by atoms with Gasteiger partial charge in [0.2, 0.25) is 0 Å². The van der Waals surface area contributed by atoms with E-state index in [1.54, 1.807) is 12.1 Å². The number of aryl methyl sites for hydroxylation is 1. The summed E-state index contributed by atoms with van der Waals surface area (Å²) in [5.41, 5.74) is 5.28. The lowest BCUT2D eigenvalue weighted by molar-refractivity contribution is 0.0954. The molecule has 1 rings (SSSR count). The minimum Gasteiger partial charge on any atom is -0.267 e. The predicted molar refractivity (Wildman–Crippen MR) is 74.4 cm³/mol. The van der Waals surface area contributed by atoms with E-state index in [0.29, 0.717) is 5.56 Å². The van der Waals surface area contributed by atoms with Crippen molar-refractivity contribution in [2.45, 2.75) is 33.6 Å². The van der Waals surface area contributed by atoms with E-state index in [9.17, 15) is 4.79 Å². The van der Waals surface area contributed by atoms with Crippen LogP contribution in [0.4, 0.5) is 0 Å². The van der Waals surface area contributed by atoms with Gasteiger partial charge < -0.3 is 0 Å². The summed E-state index contributed by atoms with van der Waals surface area (Å²) < 4.78 is 0.931. The SMILES string of the molecule is CCC(CC)=NNC(=O)c1ccc(C)c(Br)c1. The van der Waals surface area contributed by atoms with Crippen LogP contribution in [0.5, 0.6) is 0 Å². The van der Waals surface area contributed by atoms with Crippen LogP contribution in [-0.2, 0) is 0 Å². The van der Waals surface area contributed by atoms with E-state index in [4.69, 9.17) is 0 Å². The fourth-order valence-corrected chi connectivity index (χ4v) is 1.72. The molecule has 0 atom stereocenters. The van der Waals surface area contributed by atoms with Crippen LogP contribution < -0.4 is 5.43 Å². The van der Waals surface area contributed by atoms with Crippen molar-refractivity contribution in [1.29, 1.82) is 0 Å². The Morgan fingerprint density at radius 2 is 2.00 bits per heavy atom. The smallest absolute Gasteiger partial charge is 0.267 e. The molecule has 0 saturated carbocycles. The van der Waals surface area contributed by atoms with Crippen molar-refractivity contribution < 1.29 is 4.79 Å². The van der Waals surface area contributed by atoms with E-state index >= 15 is 0 Å². The molecule has 0 spiro atoms. The quantitative estimate of drug-likeness (QED) is 0.668. The summed E-state index contributed by atoms with van der Waals surface area (Å²) in [5, 5.41) is 4.09. The summed E-state index contributed by atoms with van der Waals surface area (Å²) in [4.78, 5) is 11.8. The molecule has 4 heteroatoms. The first kappa shape index (κ1) is 13.9. The Morgan fingerprint density at radius 1 is 1.35 bits per heavy atom. The highest BCUT2D eigenvalue weighted by molar-refractivity contribution is 9.10. The maximum Gasteiger partial charge on any atom is 0.271 e. The number of nitrogens with one attached hydrogen (secondary N) is 1. The molecule has 0 bridgehead atoms. The third kappa shape index (κ3) is 3.97. The Balaban J connectivity index is 2.77. The van der Waals surface area contributed by atoms with Crippen molar-refractivity contribution in [3.63, 3.8) is 0 Å². The average Bonchev–Trinajstić information content (AvgIpc) is 2.33. The minimum absolute atomic E-state index is 0.176. The van der Waals surface area contributed by atoms with E-state index < -0.39 is 0 Å². The van der Waals surface area contributed by atoms with E-state index in [1.807, 2.05) is 26.8 Å². The molecule has 1 aromatic carbocycles. The Hall–Kier alpha value is -1.16. The molecule has 0 unspecified atom stereocenters. The normalized spacial score (nSPS) is 9.88. The standard InChI is InChI=1S/C13H17BrN2O/c1-4-11(5-2)15-16-13(17)10-7-6-9(3)12(14)8-10/h6-8H,4-5H2,1-3H3,(H,16,17). The maximum absolute atomic E-state index is 11.8. The predicted octanol–water partition coefficient (Wildman–Crippen LogP) is 3.66. The summed E-state index contributed by atoms with van der Waals surface area (Å²) in [6.45, 7) is 6.03. The summed E-state index contributed by atoms with van der Waals surface area (Å²) in [7, 11) is 0. The van der Waals surface area contributed by atoms with Crippen molar-refractivity contribution in [2.24, 2.45) is 5.10 Å². The van der Waals surface area contributed by atoms with Gasteiger partial charge in [0.05, 0.1) is 0 Å². The number of nitrogens with zero attached hydrogens (tertiary/aromatic N) is 1. The molecule has 0 heterocycles. The Morgan fingerprint density at radius 3 is 2.53 bits per heavy atom. The molecule has 17 heavy (non-hydrogen) atoms. The van der Waals surface area contributed by atoms with Gasteiger partial charge in [0.15, 0.2) is 0 Å². The zero-order valence-corrected chi connectivity index (χ0v) is 12.0. The molecular weight excluding hydrogens is 280 g/mol. The van der Waals surface area contributed by atoms with E-state index in [2.05, 4.69) is 26.5 Å². The molecule has 1 amide bonds. The third-order valence-electron chi connectivity index (χ3n) is 2.57. The van der Waals surface area contributed by atoms with Crippen molar-refractivity contribution >= 4 is 27.5 Å². The van der Waals surface area contributed by atoms with Crippen LogP contribution in [-0.4, -0.2) is 11.6 Å². The van der Waals surface area contributed by atoms with Gasteiger partial charge in [-0.2, -0.15) is 5.10 Å². The number of amides is 1. The second-order valence-electron chi connectivity index (χ2n) is 3.79. The highest BCUT2D eigenvalue weighted by Gasteiger charge is 2.06. The molecule has 0 radical (unpaired) electrons. The van der Waals surface area contributed by atoms with Gasteiger partial charge in [0.1, 0.15) is 0 Å². The largest absolute Gasteiger partial charge is 0.271 e. The van der Waals surface area contributed by atoms with Gasteiger partial charge in [-0.05, 0) is 37.5 Å². The monoisotopic (exact) mass is 296 g/mol. The lowest BCUT2D eigenvalue weighted by atomic mass is 10.1. The van der Waals surface area contributed by atoms with Crippen LogP contribution in [0.1, 0.15) is 42.6 Å². The van der Waals surface area contributed by atoms with Gasteiger partial charge in [-0.3, -0.25) is 4.79 Å². The number of hydrogen-bond donors (Lipinski definition) is 1. The van der Waals surface area contributed by atoms with Gasteiger partial charge in [-0.15, -0.1) is 0 Å². The zero-order chi connectivity index (χ0) is 12.8. The van der Waals surface area contributed by atoms with Crippen LogP contribution in [0.25, 0.3) is 0 Å². The van der Waals surface area contributed by atoms with Gasteiger partial charge in [-0.1, -0.05) is 35.8 Å². The Bertz CT molecular complexity index is 435. The highest BCUT2D eigenvalue weighted by Crippen LogP contribution is 2.17. The summed E-state index contributed by atoms with van der Waals surface area (Å²) in [5.74, 6) is -0.176. The second-order valence-corrected chi connectivity index (χ2v) is 4.64. The fourth-order valence-electron chi connectivity index (χ4n) is 1.34. The summed E-state index contributed by atoms with van der Waals surface area (Å²) in [6.07, 6.45) is 1.71. The zero-order valence-electron chi connectivity index (χ0n) is 10.4. The number of benzene rings is 1. The molecule has 1 N–H and O–H groups in total. The van der Waals surface area contributed by atoms with Crippen molar-refractivity contribution in [3.05, 3.63) is 33.8 Å². The molecule has 1 aromatic rings. The van der Waals surface area contributed by atoms with Gasteiger partial charge in [0.25, 0.3) is 5.91 Å². The highest BCUT2D eigenvalue weighted by atomic mass is 79.9. The average molecular weight is 297 g/mol. The molecule has 0 aromatic heterocycles.